The molecule has 37 heavy (non-hydrogen) atoms. The highest BCUT2D eigenvalue weighted by molar-refractivity contribution is 7.92. The minimum atomic E-state index is -4.15. The summed E-state index contributed by atoms with van der Waals surface area (Å²) in [5, 5.41) is 2.99. The minimum Gasteiger partial charge on any atom is -0.497 e. The van der Waals surface area contributed by atoms with E-state index in [1.807, 2.05) is 30.3 Å². The van der Waals surface area contributed by atoms with Crippen LogP contribution in [0.4, 0.5) is 5.69 Å². The number of carbonyl (C=O) groups is 2. The van der Waals surface area contributed by atoms with Crippen molar-refractivity contribution in [2.24, 2.45) is 0 Å². The van der Waals surface area contributed by atoms with Gasteiger partial charge in [-0.05, 0) is 67.4 Å². The lowest BCUT2D eigenvalue weighted by molar-refractivity contribution is -0.138. The number of hydrogen-bond donors (Lipinski definition) is 1. The normalized spacial score (nSPS) is 11.9. The van der Waals surface area contributed by atoms with Gasteiger partial charge in [-0.25, -0.2) is 8.42 Å². The first-order valence-electron chi connectivity index (χ1n) is 11.6. The Labute approximate surface area is 222 Å². The Morgan fingerprint density at radius 3 is 2.16 bits per heavy atom. The molecular weight excluding hydrogens is 514 g/mol. The molecule has 0 heterocycles. The van der Waals surface area contributed by atoms with Crippen molar-refractivity contribution >= 4 is 39.1 Å². The fourth-order valence-electron chi connectivity index (χ4n) is 3.79. The Morgan fingerprint density at radius 1 is 0.973 bits per heavy atom. The number of amides is 2. The van der Waals surface area contributed by atoms with Gasteiger partial charge in [0.2, 0.25) is 11.8 Å². The average molecular weight is 544 g/mol. The van der Waals surface area contributed by atoms with Gasteiger partial charge in [-0.15, -0.1) is 0 Å². The van der Waals surface area contributed by atoms with Crippen LogP contribution in [0.15, 0.2) is 83.8 Å². The maximum atomic E-state index is 13.7. The quantitative estimate of drug-likeness (QED) is 0.397. The van der Waals surface area contributed by atoms with E-state index < -0.39 is 28.5 Å². The van der Waals surface area contributed by atoms with Gasteiger partial charge in [0.1, 0.15) is 18.3 Å². The zero-order valence-corrected chi connectivity index (χ0v) is 22.5. The molecule has 1 N–H and O–H groups in total. The van der Waals surface area contributed by atoms with E-state index in [1.165, 1.54) is 55.5 Å². The standard InChI is InChI=1S/C27H30ClN3O5S/c1-20(27(33)29-2)30(18-17-21-7-5-4-6-8-21)26(32)19-31(23-11-9-22(28)10-12-23)37(34,35)25-15-13-24(36-3)14-16-25/h4-16,20H,17-19H2,1-3H3,(H,29,33)/t20-/m1/s1. The van der Waals surface area contributed by atoms with Gasteiger partial charge in [-0.3, -0.25) is 13.9 Å². The Hall–Kier alpha value is -3.56. The van der Waals surface area contributed by atoms with Crippen molar-refractivity contribution in [3.05, 3.63) is 89.4 Å². The van der Waals surface area contributed by atoms with Crippen molar-refractivity contribution < 1.29 is 22.7 Å². The first kappa shape index (κ1) is 28.0. The Kier molecular flexibility index (Phi) is 9.54. The van der Waals surface area contributed by atoms with Crippen molar-refractivity contribution in [1.29, 1.82) is 0 Å². The third-order valence-electron chi connectivity index (χ3n) is 5.94. The molecular formula is C27H30ClN3O5S. The number of halogens is 1. The van der Waals surface area contributed by atoms with Crippen molar-refractivity contribution in [3.8, 4) is 5.75 Å². The van der Waals surface area contributed by atoms with E-state index in [0.29, 0.717) is 17.2 Å². The largest absolute Gasteiger partial charge is 0.497 e. The lowest BCUT2D eigenvalue weighted by atomic mass is 10.1. The van der Waals surface area contributed by atoms with Crippen LogP contribution in [0.1, 0.15) is 12.5 Å². The lowest BCUT2D eigenvalue weighted by Gasteiger charge is -2.31. The van der Waals surface area contributed by atoms with Gasteiger partial charge >= 0.3 is 0 Å². The van der Waals surface area contributed by atoms with E-state index >= 15 is 0 Å². The second kappa shape index (κ2) is 12.6. The van der Waals surface area contributed by atoms with E-state index in [0.717, 1.165) is 9.87 Å². The molecule has 0 fully saturated rings. The summed E-state index contributed by atoms with van der Waals surface area (Å²) in [6.45, 7) is 1.34. The van der Waals surface area contributed by atoms with Crippen LogP contribution >= 0.6 is 11.6 Å². The number of nitrogens with zero attached hydrogens (tertiary/aromatic N) is 2. The van der Waals surface area contributed by atoms with Gasteiger partial charge in [-0.1, -0.05) is 41.9 Å². The Balaban J connectivity index is 1.96. The fourth-order valence-corrected chi connectivity index (χ4v) is 5.33. The molecule has 0 unspecified atom stereocenters. The van der Waals surface area contributed by atoms with Crippen LogP contribution in [0.2, 0.25) is 5.02 Å². The topological polar surface area (TPSA) is 96.0 Å². The van der Waals surface area contributed by atoms with Crippen molar-refractivity contribution in [2.75, 3.05) is 31.6 Å². The van der Waals surface area contributed by atoms with Crippen LogP contribution in [0, 0.1) is 0 Å². The molecule has 0 saturated heterocycles. The SMILES string of the molecule is CNC(=O)[C@@H](C)N(CCc1ccccc1)C(=O)CN(c1ccc(Cl)cc1)S(=O)(=O)c1ccc(OC)cc1. The number of rotatable bonds is 11. The highest BCUT2D eigenvalue weighted by atomic mass is 35.5. The molecule has 0 radical (unpaired) electrons. The van der Waals surface area contributed by atoms with Crippen molar-refractivity contribution in [3.63, 3.8) is 0 Å². The Bertz CT molecular complexity index is 1300. The molecule has 0 aromatic heterocycles. The summed E-state index contributed by atoms with van der Waals surface area (Å²) in [5.74, 6) is -0.365. The van der Waals surface area contributed by atoms with Gasteiger partial charge < -0.3 is 15.0 Å². The molecule has 8 nitrogen and oxygen atoms in total. The van der Waals surface area contributed by atoms with Crippen LogP contribution in [-0.4, -0.2) is 58.4 Å². The van der Waals surface area contributed by atoms with E-state index in [-0.39, 0.29) is 23.0 Å². The van der Waals surface area contributed by atoms with Gasteiger partial charge in [-0.2, -0.15) is 0 Å². The average Bonchev–Trinajstić information content (AvgIpc) is 2.92. The van der Waals surface area contributed by atoms with Crippen molar-refractivity contribution in [1.82, 2.24) is 10.2 Å². The second-order valence-corrected chi connectivity index (χ2v) is 10.6. The first-order chi connectivity index (χ1) is 17.7. The number of methoxy groups -OCH3 is 1. The van der Waals surface area contributed by atoms with Gasteiger partial charge in [0.05, 0.1) is 17.7 Å². The van der Waals surface area contributed by atoms with Gasteiger partial charge in [0.15, 0.2) is 0 Å². The predicted octanol–water partition coefficient (Wildman–Crippen LogP) is 3.75. The van der Waals surface area contributed by atoms with E-state index in [2.05, 4.69) is 5.32 Å². The van der Waals surface area contributed by atoms with E-state index in [1.54, 1.807) is 19.1 Å². The monoisotopic (exact) mass is 543 g/mol. The highest BCUT2D eigenvalue weighted by Crippen LogP contribution is 2.27. The molecule has 3 aromatic carbocycles. The molecule has 10 heteroatoms. The minimum absolute atomic E-state index is 0.00812. The molecule has 196 valence electrons. The molecule has 0 aliphatic carbocycles. The number of ether oxygens (including phenoxy) is 1. The maximum absolute atomic E-state index is 13.7. The van der Waals surface area contributed by atoms with E-state index in [9.17, 15) is 18.0 Å². The number of carbonyl (C=O) groups excluding carboxylic acids is 2. The third kappa shape index (κ3) is 7.02. The summed E-state index contributed by atoms with van der Waals surface area (Å²) in [6.07, 6.45) is 0.500. The van der Waals surface area contributed by atoms with Crippen molar-refractivity contribution in [2.45, 2.75) is 24.3 Å². The summed E-state index contributed by atoms with van der Waals surface area (Å²) in [4.78, 5) is 27.5. The van der Waals surface area contributed by atoms with Crippen LogP contribution in [-0.2, 0) is 26.0 Å². The summed E-state index contributed by atoms with van der Waals surface area (Å²) >= 11 is 6.03. The predicted molar refractivity (Wildman–Crippen MR) is 144 cm³/mol. The molecule has 0 aliphatic heterocycles. The molecule has 0 aliphatic rings. The zero-order valence-electron chi connectivity index (χ0n) is 20.9. The first-order valence-corrected chi connectivity index (χ1v) is 13.5. The van der Waals surface area contributed by atoms with Crippen LogP contribution in [0.5, 0.6) is 5.75 Å². The lowest BCUT2D eigenvalue weighted by Crippen LogP contribution is -2.51. The molecule has 3 aromatic rings. The summed E-state index contributed by atoms with van der Waals surface area (Å²) < 4.78 is 33.6. The van der Waals surface area contributed by atoms with Gasteiger partial charge in [0, 0.05) is 18.6 Å². The summed E-state index contributed by atoms with van der Waals surface area (Å²) in [5.41, 5.74) is 1.26. The number of hydrogen-bond acceptors (Lipinski definition) is 5. The molecule has 1 atom stereocenters. The second-order valence-electron chi connectivity index (χ2n) is 8.28. The molecule has 2 amide bonds. The fraction of sp³-hybridized carbons (Fsp3) is 0.259. The maximum Gasteiger partial charge on any atom is 0.264 e. The smallest absolute Gasteiger partial charge is 0.264 e. The molecule has 0 saturated carbocycles. The zero-order chi connectivity index (χ0) is 27.0. The molecule has 3 rings (SSSR count). The summed E-state index contributed by atoms with van der Waals surface area (Å²) in [7, 11) is -1.17. The molecule has 0 bridgehead atoms. The number of sulfonamides is 1. The number of benzene rings is 3. The highest BCUT2D eigenvalue weighted by Gasteiger charge is 2.32. The number of anilines is 1. The number of nitrogens with one attached hydrogen (secondary N) is 1. The van der Waals surface area contributed by atoms with Gasteiger partial charge in [0.25, 0.3) is 10.0 Å². The summed E-state index contributed by atoms with van der Waals surface area (Å²) in [6, 6.07) is 20.8. The van der Waals surface area contributed by atoms with Crippen LogP contribution in [0.25, 0.3) is 0 Å². The molecule has 0 spiro atoms. The van der Waals surface area contributed by atoms with E-state index in [4.69, 9.17) is 16.3 Å². The van der Waals surface area contributed by atoms with Crippen LogP contribution in [0.3, 0.4) is 0 Å². The number of likely N-dealkylation sites (N-methyl/N-ethyl adjacent to an activating group) is 1. The van der Waals surface area contributed by atoms with Crippen LogP contribution < -0.4 is 14.4 Å². The Morgan fingerprint density at radius 2 is 1.59 bits per heavy atom. The third-order valence-corrected chi connectivity index (χ3v) is 7.98.